The lowest BCUT2D eigenvalue weighted by Crippen LogP contribution is -2.47. The highest BCUT2D eigenvalue weighted by molar-refractivity contribution is 4.88. The lowest BCUT2D eigenvalue weighted by atomic mass is 9.73. The Kier molecular flexibility index (Phi) is 6.51. The number of nitrogens with zero attached hydrogens (tertiary/aromatic N) is 1. The Morgan fingerprint density at radius 3 is 2.43 bits per heavy atom. The van der Waals surface area contributed by atoms with Crippen molar-refractivity contribution < 1.29 is 5.11 Å². The molecule has 0 radical (unpaired) electrons. The smallest absolute Gasteiger partial charge is 0.0546 e. The molecule has 0 heterocycles. The van der Waals surface area contributed by atoms with Crippen LogP contribution in [0.5, 0.6) is 0 Å². The fraction of sp³-hybridized carbons (Fsp3) is 1.00. The number of rotatable bonds is 7. The van der Waals surface area contributed by atoms with E-state index in [2.05, 4.69) is 38.0 Å². The Bertz CT molecular complexity index is 302. The van der Waals surface area contributed by atoms with Crippen LogP contribution in [0.2, 0.25) is 0 Å². The number of aliphatic hydroxyl groups is 1. The standard InChI is InChI=1S/C18H36N2O/c1-5-19-18-7-6-15(13(2)3)10-16(18)12-20(4)11-14-8-17(21)9-14/h13-19,21H,5-12H2,1-4H3. The maximum atomic E-state index is 9.43. The van der Waals surface area contributed by atoms with E-state index in [1.165, 1.54) is 32.4 Å². The average molecular weight is 296 g/mol. The summed E-state index contributed by atoms with van der Waals surface area (Å²) in [6, 6.07) is 0.708. The van der Waals surface area contributed by atoms with Crippen LogP contribution in [-0.4, -0.2) is 48.8 Å². The molecule has 2 aliphatic rings. The molecule has 2 saturated carbocycles. The molecule has 2 N–H and O–H groups in total. The highest BCUT2D eigenvalue weighted by Gasteiger charge is 2.33. The summed E-state index contributed by atoms with van der Waals surface area (Å²) < 4.78 is 0. The lowest BCUT2D eigenvalue weighted by Gasteiger charge is -2.41. The minimum Gasteiger partial charge on any atom is -0.393 e. The van der Waals surface area contributed by atoms with Crippen LogP contribution in [0.15, 0.2) is 0 Å². The van der Waals surface area contributed by atoms with E-state index in [0.29, 0.717) is 6.04 Å². The normalized spacial score (nSPS) is 37.0. The van der Waals surface area contributed by atoms with E-state index >= 15 is 0 Å². The van der Waals surface area contributed by atoms with Crippen molar-refractivity contribution >= 4 is 0 Å². The summed E-state index contributed by atoms with van der Waals surface area (Å²) in [5, 5.41) is 13.2. The van der Waals surface area contributed by atoms with Crippen LogP contribution in [0.3, 0.4) is 0 Å². The van der Waals surface area contributed by atoms with Crippen LogP contribution in [0.25, 0.3) is 0 Å². The molecule has 21 heavy (non-hydrogen) atoms. The van der Waals surface area contributed by atoms with Crippen LogP contribution >= 0.6 is 0 Å². The molecule has 0 aromatic heterocycles. The topological polar surface area (TPSA) is 35.5 Å². The fourth-order valence-corrected chi connectivity index (χ4v) is 4.40. The van der Waals surface area contributed by atoms with Crippen molar-refractivity contribution in [3.63, 3.8) is 0 Å². The van der Waals surface area contributed by atoms with Gasteiger partial charge in [0.05, 0.1) is 6.10 Å². The zero-order valence-electron chi connectivity index (χ0n) is 14.5. The monoisotopic (exact) mass is 296 g/mol. The average Bonchev–Trinajstić information content (AvgIpc) is 2.39. The maximum Gasteiger partial charge on any atom is 0.0546 e. The van der Waals surface area contributed by atoms with E-state index in [1.54, 1.807) is 0 Å². The SMILES string of the molecule is CCNC1CCC(C(C)C)CC1CN(C)CC1CC(O)C1. The van der Waals surface area contributed by atoms with Gasteiger partial charge in [-0.05, 0) is 69.4 Å². The van der Waals surface area contributed by atoms with Gasteiger partial charge in [0.25, 0.3) is 0 Å². The molecule has 0 saturated heterocycles. The molecular formula is C18H36N2O. The quantitative estimate of drug-likeness (QED) is 0.758. The van der Waals surface area contributed by atoms with Crippen LogP contribution in [0, 0.1) is 23.7 Å². The van der Waals surface area contributed by atoms with Gasteiger partial charge in [-0.15, -0.1) is 0 Å². The number of nitrogens with one attached hydrogen (secondary N) is 1. The van der Waals surface area contributed by atoms with Gasteiger partial charge in [-0.1, -0.05) is 20.8 Å². The Morgan fingerprint density at radius 1 is 1.14 bits per heavy atom. The van der Waals surface area contributed by atoms with Crippen molar-refractivity contribution in [2.24, 2.45) is 23.7 Å². The first-order valence-electron chi connectivity index (χ1n) is 9.09. The first-order valence-corrected chi connectivity index (χ1v) is 9.09. The third-order valence-electron chi connectivity index (χ3n) is 5.76. The van der Waals surface area contributed by atoms with Crippen LogP contribution in [0.1, 0.15) is 52.9 Å². The summed E-state index contributed by atoms with van der Waals surface area (Å²) in [5.41, 5.74) is 0. The summed E-state index contributed by atoms with van der Waals surface area (Å²) in [6.07, 6.45) is 6.13. The largest absolute Gasteiger partial charge is 0.393 e. The molecule has 0 bridgehead atoms. The third kappa shape index (κ3) is 4.94. The number of aliphatic hydroxyl groups excluding tert-OH is 1. The molecule has 0 aromatic carbocycles. The third-order valence-corrected chi connectivity index (χ3v) is 5.76. The molecule has 2 aliphatic carbocycles. The highest BCUT2D eigenvalue weighted by atomic mass is 16.3. The molecule has 0 aliphatic heterocycles. The van der Waals surface area contributed by atoms with Crippen LogP contribution in [0.4, 0.5) is 0 Å². The fourth-order valence-electron chi connectivity index (χ4n) is 4.40. The molecule has 0 amide bonds. The zero-order valence-corrected chi connectivity index (χ0v) is 14.5. The van der Waals surface area contributed by atoms with E-state index in [4.69, 9.17) is 0 Å². The Hall–Kier alpha value is -0.120. The van der Waals surface area contributed by atoms with E-state index < -0.39 is 0 Å². The molecule has 3 heteroatoms. The van der Waals surface area contributed by atoms with Gasteiger partial charge in [0.2, 0.25) is 0 Å². The van der Waals surface area contributed by atoms with Crippen molar-refractivity contribution in [2.75, 3.05) is 26.7 Å². The van der Waals surface area contributed by atoms with E-state index in [0.717, 1.165) is 43.1 Å². The molecule has 0 aromatic rings. The molecule has 3 unspecified atom stereocenters. The second kappa shape index (κ2) is 7.94. The Labute approximate surface area is 131 Å². The molecule has 124 valence electrons. The predicted molar refractivity (Wildman–Crippen MR) is 89.4 cm³/mol. The van der Waals surface area contributed by atoms with Crippen LogP contribution < -0.4 is 5.32 Å². The summed E-state index contributed by atoms with van der Waals surface area (Å²) in [6.45, 7) is 10.5. The Morgan fingerprint density at radius 2 is 1.86 bits per heavy atom. The molecule has 3 nitrogen and oxygen atoms in total. The first-order chi connectivity index (χ1) is 9.99. The van der Waals surface area contributed by atoms with Gasteiger partial charge >= 0.3 is 0 Å². The van der Waals surface area contributed by atoms with Crippen molar-refractivity contribution in [3.05, 3.63) is 0 Å². The van der Waals surface area contributed by atoms with Crippen molar-refractivity contribution in [1.82, 2.24) is 10.2 Å². The van der Waals surface area contributed by atoms with Gasteiger partial charge in [-0.25, -0.2) is 0 Å². The molecule has 0 spiro atoms. The second-order valence-corrected chi connectivity index (χ2v) is 7.95. The van der Waals surface area contributed by atoms with Gasteiger partial charge in [0, 0.05) is 19.1 Å². The molecular weight excluding hydrogens is 260 g/mol. The van der Waals surface area contributed by atoms with E-state index in [-0.39, 0.29) is 6.10 Å². The summed E-state index contributed by atoms with van der Waals surface area (Å²) in [4.78, 5) is 2.52. The minimum absolute atomic E-state index is 0.0158. The molecule has 2 rings (SSSR count). The predicted octanol–water partition coefficient (Wildman–Crippen LogP) is 2.74. The zero-order chi connectivity index (χ0) is 15.4. The highest BCUT2D eigenvalue weighted by Crippen LogP contribution is 2.35. The summed E-state index contributed by atoms with van der Waals surface area (Å²) in [7, 11) is 2.27. The van der Waals surface area contributed by atoms with Crippen molar-refractivity contribution in [2.45, 2.75) is 65.0 Å². The van der Waals surface area contributed by atoms with Gasteiger partial charge in [-0.2, -0.15) is 0 Å². The van der Waals surface area contributed by atoms with Crippen molar-refractivity contribution in [3.8, 4) is 0 Å². The molecule has 2 fully saturated rings. The van der Waals surface area contributed by atoms with Crippen molar-refractivity contribution in [1.29, 1.82) is 0 Å². The summed E-state index contributed by atoms with van der Waals surface area (Å²) in [5.74, 6) is 3.25. The van der Waals surface area contributed by atoms with Gasteiger partial charge < -0.3 is 15.3 Å². The minimum atomic E-state index is -0.0158. The Balaban J connectivity index is 1.83. The number of hydrogen-bond donors (Lipinski definition) is 2. The lowest BCUT2D eigenvalue weighted by molar-refractivity contribution is 0.0228. The molecule has 3 atom stereocenters. The number of hydrogen-bond acceptors (Lipinski definition) is 3. The van der Waals surface area contributed by atoms with Gasteiger partial charge in [0.15, 0.2) is 0 Å². The van der Waals surface area contributed by atoms with Gasteiger partial charge in [-0.3, -0.25) is 0 Å². The second-order valence-electron chi connectivity index (χ2n) is 7.95. The van der Waals surface area contributed by atoms with E-state index in [1.807, 2.05) is 0 Å². The first kappa shape index (κ1) is 17.2. The van der Waals surface area contributed by atoms with Gasteiger partial charge in [0.1, 0.15) is 0 Å². The van der Waals surface area contributed by atoms with E-state index in [9.17, 15) is 5.11 Å². The maximum absolute atomic E-state index is 9.43. The summed E-state index contributed by atoms with van der Waals surface area (Å²) >= 11 is 0. The van der Waals surface area contributed by atoms with Crippen LogP contribution in [-0.2, 0) is 0 Å².